The number of fused-ring (bicyclic) bond motifs is 6. The maximum absolute atomic E-state index is 12.6. The van der Waals surface area contributed by atoms with Gasteiger partial charge < -0.3 is 15.6 Å². The van der Waals surface area contributed by atoms with E-state index in [2.05, 4.69) is 30.6 Å². The Labute approximate surface area is 224 Å². The fourth-order valence-corrected chi connectivity index (χ4v) is 7.74. The number of rotatable bonds is 4. The average molecular weight is 636 g/mol. The Morgan fingerprint density at radius 2 is 1.20 bits per heavy atom. The van der Waals surface area contributed by atoms with Crippen molar-refractivity contribution < 1.29 is 51.9 Å². The van der Waals surface area contributed by atoms with Crippen molar-refractivity contribution >= 4 is 80.5 Å². The van der Waals surface area contributed by atoms with Gasteiger partial charge in [0, 0.05) is 0 Å². The molecule has 23 heteroatoms. The van der Waals surface area contributed by atoms with Crippen LogP contribution in [-0.4, -0.2) is 78.3 Å². The summed E-state index contributed by atoms with van der Waals surface area (Å²) in [5.74, 6) is -1.73. The second-order valence-corrected chi connectivity index (χ2v) is 13.2. The van der Waals surface area contributed by atoms with E-state index in [0.29, 0.717) is 5.82 Å². The molecule has 40 heavy (non-hydrogen) atoms. The van der Waals surface area contributed by atoms with Crippen molar-refractivity contribution in [2.45, 2.75) is 9.79 Å². The van der Waals surface area contributed by atoms with Crippen LogP contribution in [-0.2, 0) is 40.7 Å². The Bertz CT molecular complexity index is 2140. The number of allylic oxidation sites excluding steroid dienone is 1. The molecule has 8 bridgehead atoms. The average Bonchev–Trinajstić information content (AvgIpc) is 3.54. The molecule has 3 aliphatic heterocycles. The van der Waals surface area contributed by atoms with Crippen LogP contribution >= 0.6 is 0 Å². The number of nitrogens with zero attached hydrogens (tertiary/aromatic N) is 4. The lowest BCUT2D eigenvalue weighted by molar-refractivity contribution is 0.467. The summed E-state index contributed by atoms with van der Waals surface area (Å²) in [4.78, 5) is 8.54. The van der Waals surface area contributed by atoms with Gasteiger partial charge >= 0.3 is 10.3 Å². The van der Waals surface area contributed by atoms with Crippen LogP contribution in [0.3, 0.4) is 0 Å². The Balaban J connectivity index is 2.07. The van der Waals surface area contributed by atoms with E-state index in [0.717, 1.165) is 18.2 Å². The summed E-state index contributed by atoms with van der Waals surface area (Å²) >= 11 is 0. The third kappa shape index (κ3) is 4.90. The van der Waals surface area contributed by atoms with Gasteiger partial charge in [0.2, 0.25) is 0 Å². The van der Waals surface area contributed by atoms with E-state index in [1.807, 2.05) is 0 Å². The molecule has 0 aliphatic carbocycles. The van der Waals surface area contributed by atoms with E-state index in [4.69, 9.17) is 0 Å². The lowest BCUT2D eigenvalue weighted by atomic mass is 10.3. The number of aromatic amines is 1. The van der Waals surface area contributed by atoms with Crippen LogP contribution in [0.25, 0.3) is 4.91 Å². The molecule has 212 valence electrons. The molecule has 2 aromatic rings. The molecule has 2 aromatic heterocycles. The molecule has 7 N–H and O–H groups in total. The first-order valence-electron chi connectivity index (χ1n) is 10.1. The van der Waals surface area contributed by atoms with E-state index in [-0.39, 0.29) is 17.5 Å². The molecule has 0 saturated heterocycles. The second-order valence-electron chi connectivity index (χ2n) is 7.88. The van der Waals surface area contributed by atoms with Crippen LogP contribution in [0.4, 0.5) is 17.5 Å². The molecule has 5 heterocycles. The van der Waals surface area contributed by atoms with Crippen molar-refractivity contribution in [3.63, 3.8) is 0 Å². The molecule has 0 radical (unpaired) electrons. The number of hydrogen-bond donors (Lipinski definition) is 7. The molecular formula is C17H13N7O12S4. The monoisotopic (exact) mass is 635 g/mol. The summed E-state index contributed by atoms with van der Waals surface area (Å²) in [6, 6.07) is 3.05. The number of aromatic nitrogens is 2. The second kappa shape index (κ2) is 8.77. The lowest BCUT2D eigenvalue weighted by Crippen LogP contribution is -2.18. The van der Waals surface area contributed by atoms with Crippen LogP contribution in [0.5, 0.6) is 0 Å². The SMILES string of the molecule is O=S(=O)(O)C1=C2C=CC(=N2)Nc2ccc([nH]2)NC2=NC(=Nc3c(S(=O)(=O)O)c(S(=O)(=O)O)c1n3S(=O)(=O)O)C=C2. The van der Waals surface area contributed by atoms with Gasteiger partial charge in [-0.25, -0.2) is 15.0 Å². The van der Waals surface area contributed by atoms with E-state index in [9.17, 15) is 51.9 Å². The smallest absolute Gasteiger partial charge is 0.328 e. The number of nitrogens with one attached hydrogen (secondary N) is 3. The predicted molar refractivity (Wildman–Crippen MR) is 138 cm³/mol. The highest BCUT2D eigenvalue weighted by atomic mass is 32.2. The first kappa shape index (κ1) is 27.6. The highest BCUT2D eigenvalue weighted by molar-refractivity contribution is 7.95. The van der Waals surface area contributed by atoms with E-state index in [1.165, 1.54) is 18.2 Å². The van der Waals surface area contributed by atoms with Crippen LogP contribution in [0, 0.1) is 0 Å². The number of H-pyrrole nitrogens is 1. The van der Waals surface area contributed by atoms with Crippen molar-refractivity contribution in [2.24, 2.45) is 15.0 Å². The van der Waals surface area contributed by atoms with E-state index < -0.39 is 82.4 Å². The van der Waals surface area contributed by atoms with Crippen LogP contribution in [0.2, 0.25) is 0 Å². The third-order valence-corrected chi connectivity index (χ3v) is 8.85. The predicted octanol–water partition coefficient (Wildman–Crippen LogP) is 0.0211. The molecule has 0 aromatic carbocycles. The number of aliphatic imine (C=N–C) groups is 3. The fourth-order valence-electron chi connectivity index (χ4n) is 3.83. The molecule has 0 spiro atoms. The molecular weight excluding hydrogens is 622 g/mol. The topological polar surface area (TPSA) is 299 Å². The molecule has 0 saturated carbocycles. The molecule has 0 unspecified atom stereocenters. The fraction of sp³-hybridized carbons (Fsp3) is 0. The number of hydrogen-bond acceptors (Lipinski definition) is 13. The Kier molecular flexibility index (Phi) is 6.05. The van der Waals surface area contributed by atoms with Crippen LogP contribution in [0.15, 0.2) is 66.9 Å². The zero-order chi connectivity index (χ0) is 29.4. The first-order chi connectivity index (χ1) is 18.3. The van der Waals surface area contributed by atoms with Gasteiger partial charge in [-0.3, -0.25) is 18.2 Å². The maximum Gasteiger partial charge on any atom is 0.365 e. The quantitative estimate of drug-likeness (QED) is 0.218. The summed E-state index contributed by atoms with van der Waals surface area (Å²) in [6.07, 6.45) is 4.25. The van der Waals surface area contributed by atoms with E-state index in [1.54, 1.807) is 0 Å². The summed E-state index contributed by atoms with van der Waals surface area (Å²) in [5, 5.41) is 5.51. The van der Waals surface area contributed by atoms with Crippen molar-refractivity contribution in [2.75, 3.05) is 10.6 Å². The molecule has 0 atom stereocenters. The zero-order valence-corrected chi connectivity index (χ0v) is 22.2. The Morgan fingerprint density at radius 1 is 0.650 bits per heavy atom. The van der Waals surface area contributed by atoms with Crippen molar-refractivity contribution in [3.8, 4) is 0 Å². The van der Waals surface area contributed by atoms with Crippen LogP contribution in [0.1, 0.15) is 5.69 Å². The summed E-state index contributed by atoms with van der Waals surface area (Å²) < 4.78 is 139. The summed E-state index contributed by atoms with van der Waals surface area (Å²) in [5.41, 5.74) is -2.74. The van der Waals surface area contributed by atoms with Gasteiger partial charge in [0.25, 0.3) is 30.4 Å². The standard InChI is InChI=1S/C17H13N7O12S4/c25-37(26,27)14-7-1-2-8(18-7)19-9-3-4-10(20-9)21-11-5-6-12(22-11)23-17-16(39(31,32)33)15(38(28,29)30)13(14)24(17)40(34,35)36/h1-6H,(H,25,26,27)(H,28,29,30)(H,31,32,33)(H,34,35,36)(H3,18,19,20,21,22,23). The van der Waals surface area contributed by atoms with Gasteiger partial charge in [0.1, 0.15) is 38.8 Å². The minimum Gasteiger partial charge on any atom is -0.328 e. The Hall–Kier alpha value is -3.97. The molecule has 0 fully saturated rings. The maximum atomic E-state index is 12.6. The lowest BCUT2D eigenvalue weighted by Gasteiger charge is -2.11. The zero-order valence-electron chi connectivity index (χ0n) is 18.9. The molecule has 0 amide bonds. The van der Waals surface area contributed by atoms with Gasteiger partial charge in [-0.2, -0.15) is 37.6 Å². The minimum atomic E-state index is -6.01. The largest absolute Gasteiger partial charge is 0.365 e. The van der Waals surface area contributed by atoms with Crippen LogP contribution < -0.4 is 10.6 Å². The normalized spacial score (nSPS) is 17.4. The van der Waals surface area contributed by atoms with Gasteiger partial charge in [0.05, 0.1) is 5.70 Å². The van der Waals surface area contributed by atoms with Gasteiger partial charge in [0.15, 0.2) is 16.5 Å². The first-order valence-corrected chi connectivity index (χ1v) is 15.8. The van der Waals surface area contributed by atoms with E-state index >= 15 is 0 Å². The van der Waals surface area contributed by atoms with Gasteiger partial charge in [-0.1, -0.05) is 0 Å². The third-order valence-electron chi connectivity index (χ3n) is 5.17. The van der Waals surface area contributed by atoms with Gasteiger partial charge in [-0.05, 0) is 36.4 Å². The molecule has 3 aliphatic rings. The van der Waals surface area contributed by atoms with Crippen molar-refractivity contribution in [1.82, 2.24) is 8.96 Å². The van der Waals surface area contributed by atoms with Crippen molar-refractivity contribution in [1.29, 1.82) is 0 Å². The summed E-state index contributed by atoms with van der Waals surface area (Å²) in [6.45, 7) is 0. The van der Waals surface area contributed by atoms with Gasteiger partial charge in [-0.15, -0.1) is 0 Å². The number of amidine groups is 3. The summed E-state index contributed by atoms with van der Waals surface area (Å²) in [7, 11) is -23.7. The van der Waals surface area contributed by atoms with Crippen molar-refractivity contribution in [3.05, 3.63) is 47.8 Å². The Morgan fingerprint density at radius 3 is 1.73 bits per heavy atom. The highest BCUT2D eigenvalue weighted by Crippen LogP contribution is 2.44. The molecule has 19 nitrogen and oxygen atoms in total. The minimum absolute atomic E-state index is 0.0201. The molecule has 5 rings (SSSR count). The number of anilines is 2. The highest BCUT2D eigenvalue weighted by Gasteiger charge is 2.45.